The summed E-state index contributed by atoms with van der Waals surface area (Å²) < 4.78 is 9.99. The predicted molar refractivity (Wildman–Crippen MR) is 74.8 cm³/mol. The zero-order valence-corrected chi connectivity index (χ0v) is 12.9. The van der Waals surface area contributed by atoms with Crippen molar-refractivity contribution in [3.63, 3.8) is 0 Å². The number of hydrogen-bond acceptors (Lipinski definition) is 6. The van der Waals surface area contributed by atoms with E-state index in [0.717, 1.165) is 12.8 Å². The second-order valence-corrected chi connectivity index (χ2v) is 6.36. The van der Waals surface area contributed by atoms with Crippen molar-refractivity contribution in [1.82, 2.24) is 5.32 Å². The number of carbonyl (C=O) groups excluding carboxylic acids is 2. The van der Waals surface area contributed by atoms with E-state index in [0.29, 0.717) is 12.1 Å². The minimum Gasteiger partial charge on any atom is -0.466 e. The molecule has 2 atom stereocenters. The van der Waals surface area contributed by atoms with Gasteiger partial charge in [-0.05, 0) is 33.6 Å². The molecule has 1 amide bonds. The van der Waals surface area contributed by atoms with Gasteiger partial charge >= 0.3 is 12.1 Å². The lowest BCUT2D eigenvalue weighted by atomic mass is 9.87. The first-order valence-electron chi connectivity index (χ1n) is 7.09. The summed E-state index contributed by atoms with van der Waals surface area (Å²) in [5, 5.41) is 6.62. The van der Waals surface area contributed by atoms with Gasteiger partial charge in [0, 0.05) is 6.42 Å². The van der Waals surface area contributed by atoms with E-state index in [1.54, 1.807) is 20.8 Å². The van der Waals surface area contributed by atoms with E-state index in [4.69, 9.17) is 14.3 Å². The Balaban J connectivity index is 1.94. The predicted octanol–water partition coefficient (Wildman–Crippen LogP) is 1.61. The largest absolute Gasteiger partial charge is 0.466 e. The molecule has 1 heterocycles. The highest BCUT2D eigenvalue weighted by molar-refractivity contribution is 5.98. The molecule has 1 aliphatic heterocycles. The van der Waals surface area contributed by atoms with Crippen LogP contribution in [0.5, 0.6) is 0 Å². The highest BCUT2D eigenvalue weighted by Crippen LogP contribution is 2.44. The first-order chi connectivity index (χ1) is 9.78. The quantitative estimate of drug-likeness (QED) is 0.800. The fourth-order valence-corrected chi connectivity index (χ4v) is 2.81. The van der Waals surface area contributed by atoms with Crippen molar-refractivity contribution < 1.29 is 23.9 Å². The van der Waals surface area contributed by atoms with Gasteiger partial charge in [0.25, 0.3) is 0 Å². The minimum atomic E-state index is -1.00. The van der Waals surface area contributed by atoms with Gasteiger partial charge in [-0.1, -0.05) is 5.16 Å². The molecule has 1 N–H and O–H groups in total. The number of ether oxygens (including phenoxy) is 2. The molecule has 21 heavy (non-hydrogen) atoms. The average Bonchev–Trinajstić information content (AvgIpc) is 2.93. The van der Waals surface area contributed by atoms with Crippen LogP contribution in [0.1, 0.15) is 40.0 Å². The topological polar surface area (TPSA) is 86.2 Å². The van der Waals surface area contributed by atoms with Gasteiger partial charge in [-0.25, -0.2) is 9.59 Å². The third-order valence-corrected chi connectivity index (χ3v) is 3.68. The van der Waals surface area contributed by atoms with E-state index < -0.39 is 23.3 Å². The minimum absolute atomic E-state index is 0.139. The highest BCUT2D eigenvalue weighted by Gasteiger charge is 2.58. The van der Waals surface area contributed by atoms with E-state index in [1.165, 1.54) is 7.11 Å². The number of carbonyl (C=O) groups is 2. The van der Waals surface area contributed by atoms with Crippen molar-refractivity contribution in [2.45, 2.75) is 51.2 Å². The summed E-state index contributed by atoms with van der Waals surface area (Å²) in [6, 6.07) is 0. The maximum atomic E-state index is 12.0. The highest BCUT2D eigenvalue weighted by atomic mass is 16.7. The maximum Gasteiger partial charge on any atom is 0.407 e. The van der Waals surface area contributed by atoms with Gasteiger partial charge < -0.3 is 19.6 Å². The molecule has 2 aliphatic rings. The molecule has 0 bridgehead atoms. The van der Waals surface area contributed by atoms with Crippen LogP contribution in [0.4, 0.5) is 4.79 Å². The molecule has 7 heteroatoms. The molecule has 1 saturated carbocycles. The van der Waals surface area contributed by atoms with Crippen molar-refractivity contribution >= 4 is 17.8 Å². The Morgan fingerprint density at radius 3 is 2.81 bits per heavy atom. The van der Waals surface area contributed by atoms with Crippen LogP contribution in [0.2, 0.25) is 0 Å². The van der Waals surface area contributed by atoms with Crippen LogP contribution < -0.4 is 5.32 Å². The van der Waals surface area contributed by atoms with Crippen LogP contribution in [0.25, 0.3) is 0 Å². The van der Waals surface area contributed by atoms with Crippen molar-refractivity contribution in [3.05, 3.63) is 0 Å². The SMILES string of the molecule is COC(=O)C12CCCC1C(CNC(=O)OC(C)(C)C)=NO2. The van der Waals surface area contributed by atoms with Gasteiger partial charge in [0.1, 0.15) is 5.60 Å². The monoisotopic (exact) mass is 298 g/mol. The van der Waals surface area contributed by atoms with Crippen LogP contribution in [0.15, 0.2) is 5.16 Å². The Labute approximate surface area is 124 Å². The average molecular weight is 298 g/mol. The fraction of sp³-hybridized carbons (Fsp3) is 0.786. The zero-order chi connectivity index (χ0) is 15.7. The fourth-order valence-electron chi connectivity index (χ4n) is 2.81. The summed E-state index contributed by atoms with van der Waals surface area (Å²) >= 11 is 0. The van der Waals surface area contributed by atoms with E-state index in [-0.39, 0.29) is 12.5 Å². The Morgan fingerprint density at radius 2 is 2.19 bits per heavy atom. The third-order valence-electron chi connectivity index (χ3n) is 3.68. The van der Waals surface area contributed by atoms with Crippen LogP contribution >= 0.6 is 0 Å². The van der Waals surface area contributed by atoms with Crippen LogP contribution in [0.3, 0.4) is 0 Å². The smallest absolute Gasteiger partial charge is 0.407 e. The molecule has 0 radical (unpaired) electrons. The molecule has 0 spiro atoms. The molecule has 2 rings (SSSR count). The Morgan fingerprint density at radius 1 is 1.48 bits per heavy atom. The lowest BCUT2D eigenvalue weighted by Crippen LogP contribution is -2.45. The van der Waals surface area contributed by atoms with Crippen molar-refractivity contribution in [3.8, 4) is 0 Å². The third kappa shape index (κ3) is 3.11. The molecule has 118 valence electrons. The summed E-state index contributed by atoms with van der Waals surface area (Å²) in [7, 11) is 1.34. The van der Waals surface area contributed by atoms with E-state index in [1.807, 2.05) is 0 Å². The van der Waals surface area contributed by atoms with Gasteiger partial charge in [0.05, 0.1) is 25.3 Å². The van der Waals surface area contributed by atoms with E-state index >= 15 is 0 Å². The number of rotatable bonds is 3. The molecule has 0 aromatic carbocycles. The van der Waals surface area contributed by atoms with E-state index in [2.05, 4.69) is 10.5 Å². The lowest BCUT2D eigenvalue weighted by Gasteiger charge is -2.24. The van der Waals surface area contributed by atoms with Gasteiger partial charge in [-0.3, -0.25) is 0 Å². The molecule has 1 aliphatic carbocycles. The van der Waals surface area contributed by atoms with Gasteiger partial charge in [0.15, 0.2) is 0 Å². The molecule has 0 saturated heterocycles. The lowest BCUT2D eigenvalue weighted by molar-refractivity contribution is -0.168. The molecule has 0 aromatic heterocycles. The molecule has 1 fully saturated rings. The van der Waals surface area contributed by atoms with Gasteiger partial charge in [0.2, 0.25) is 5.60 Å². The first kappa shape index (κ1) is 15.6. The number of amides is 1. The van der Waals surface area contributed by atoms with Crippen LogP contribution in [0, 0.1) is 5.92 Å². The Hall–Kier alpha value is -1.79. The summed E-state index contributed by atoms with van der Waals surface area (Å²) in [6.45, 7) is 5.59. The van der Waals surface area contributed by atoms with Gasteiger partial charge in [-0.2, -0.15) is 0 Å². The van der Waals surface area contributed by atoms with E-state index in [9.17, 15) is 9.59 Å². The molecular formula is C14H22N2O5. The van der Waals surface area contributed by atoms with Crippen LogP contribution in [-0.2, 0) is 19.1 Å². The normalized spacial score (nSPS) is 27.4. The number of fused-ring (bicyclic) bond motifs is 1. The number of nitrogens with zero attached hydrogens (tertiary/aromatic N) is 1. The molecular weight excluding hydrogens is 276 g/mol. The number of oxime groups is 1. The number of esters is 1. The first-order valence-corrected chi connectivity index (χ1v) is 7.09. The number of hydrogen-bond donors (Lipinski definition) is 1. The number of methoxy groups -OCH3 is 1. The second kappa shape index (κ2) is 5.54. The summed E-state index contributed by atoms with van der Waals surface area (Å²) in [4.78, 5) is 29.0. The van der Waals surface area contributed by atoms with Crippen molar-refractivity contribution in [1.29, 1.82) is 0 Å². The molecule has 0 aromatic rings. The summed E-state index contributed by atoms with van der Waals surface area (Å²) in [5.74, 6) is -0.541. The van der Waals surface area contributed by atoms with Crippen LogP contribution in [-0.4, -0.2) is 42.6 Å². The standard InChI is InChI=1S/C14H22N2O5/c1-13(2,3)20-12(18)15-8-10-9-6-5-7-14(9,21-16-10)11(17)19-4/h9H,5-8H2,1-4H3,(H,15,18). The van der Waals surface area contributed by atoms with Crippen molar-refractivity contribution in [2.75, 3.05) is 13.7 Å². The Kier molecular flexibility index (Phi) is 4.11. The maximum absolute atomic E-state index is 12.0. The number of alkyl carbamates (subject to hydrolysis) is 1. The zero-order valence-electron chi connectivity index (χ0n) is 12.9. The van der Waals surface area contributed by atoms with Crippen molar-refractivity contribution in [2.24, 2.45) is 11.1 Å². The summed E-state index contributed by atoms with van der Waals surface area (Å²) in [5.41, 5.74) is -0.898. The summed E-state index contributed by atoms with van der Waals surface area (Å²) in [6.07, 6.45) is 1.73. The van der Waals surface area contributed by atoms with Gasteiger partial charge in [-0.15, -0.1) is 0 Å². The second-order valence-electron chi connectivity index (χ2n) is 6.36. The molecule has 7 nitrogen and oxygen atoms in total. The number of nitrogens with one attached hydrogen (secondary N) is 1. The molecule has 2 unspecified atom stereocenters. The Bertz CT molecular complexity index is 468.